The summed E-state index contributed by atoms with van der Waals surface area (Å²) in [6, 6.07) is 0. The van der Waals surface area contributed by atoms with Crippen LogP contribution < -0.4 is 11.1 Å². The molecule has 5 heteroatoms. The number of ketones is 1. The topological polar surface area (TPSA) is 64.3 Å². The molecule has 1 aromatic rings. The number of ether oxygens (including phenoxy) is 1. The molecule has 1 aliphatic rings. The van der Waals surface area contributed by atoms with Gasteiger partial charge >= 0.3 is 0 Å². The van der Waals surface area contributed by atoms with Gasteiger partial charge in [0.25, 0.3) is 0 Å². The highest BCUT2D eigenvalue weighted by atomic mass is 32.1. The van der Waals surface area contributed by atoms with Crippen LogP contribution in [0.2, 0.25) is 0 Å². The van der Waals surface area contributed by atoms with Crippen molar-refractivity contribution >= 4 is 27.8 Å². The number of nitrogens with one attached hydrogen (secondary N) is 1. The van der Waals surface area contributed by atoms with Crippen molar-refractivity contribution in [3.63, 3.8) is 0 Å². The van der Waals surface area contributed by atoms with Gasteiger partial charge in [-0.05, 0) is 18.8 Å². The number of hydrogen-bond donors (Lipinski definition) is 2. The van der Waals surface area contributed by atoms with Gasteiger partial charge in [-0.2, -0.15) is 0 Å². The Morgan fingerprint density at radius 1 is 1.56 bits per heavy atom. The lowest BCUT2D eigenvalue weighted by atomic mass is 10.1. The summed E-state index contributed by atoms with van der Waals surface area (Å²) < 4.78 is 5.03. The standard InChI is InChI=1S/C13H20N2O2S/c1-3-9(16)12-11(14)10(8-4-5-8)13(18-12)15-6-7-17-2/h8,15H,3-7,14H2,1-2H3. The van der Waals surface area contributed by atoms with E-state index in [4.69, 9.17) is 10.5 Å². The summed E-state index contributed by atoms with van der Waals surface area (Å²) >= 11 is 1.50. The predicted octanol–water partition coefficient (Wildman–Crippen LogP) is 2.86. The first kappa shape index (κ1) is 13.4. The Kier molecular flexibility index (Phi) is 4.24. The second kappa shape index (κ2) is 5.71. The van der Waals surface area contributed by atoms with Gasteiger partial charge in [-0.1, -0.05) is 6.92 Å². The molecule has 0 saturated heterocycles. The minimum Gasteiger partial charge on any atom is -0.397 e. The molecule has 4 nitrogen and oxygen atoms in total. The van der Waals surface area contributed by atoms with Crippen LogP contribution in [0, 0.1) is 0 Å². The quantitative estimate of drug-likeness (QED) is 0.589. The Morgan fingerprint density at radius 3 is 2.83 bits per heavy atom. The summed E-state index contributed by atoms with van der Waals surface area (Å²) in [4.78, 5) is 12.6. The van der Waals surface area contributed by atoms with Gasteiger partial charge in [0.2, 0.25) is 0 Å². The molecule has 0 unspecified atom stereocenters. The molecule has 0 aliphatic heterocycles. The summed E-state index contributed by atoms with van der Waals surface area (Å²) in [5.41, 5.74) is 8.01. The number of Topliss-reactive ketones (excluding diaryl/α,β-unsaturated/α-hetero) is 1. The number of nitrogens with two attached hydrogens (primary N) is 1. The number of anilines is 2. The molecule has 1 aromatic heterocycles. The minimum absolute atomic E-state index is 0.138. The molecule has 0 spiro atoms. The third-order valence-electron chi connectivity index (χ3n) is 3.14. The van der Waals surface area contributed by atoms with Gasteiger partial charge in [0.05, 0.1) is 22.2 Å². The number of hydrogen-bond acceptors (Lipinski definition) is 5. The molecular formula is C13H20N2O2S. The van der Waals surface area contributed by atoms with Crippen LogP contribution in [0.15, 0.2) is 0 Å². The predicted molar refractivity (Wildman–Crippen MR) is 75.7 cm³/mol. The van der Waals surface area contributed by atoms with E-state index in [0.717, 1.165) is 22.0 Å². The third kappa shape index (κ3) is 2.67. The molecule has 0 amide bonds. The summed E-state index contributed by atoms with van der Waals surface area (Å²) in [5, 5.41) is 4.40. The molecule has 18 heavy (non-hydrogen) atoms. The van der Waals surface area contributed by atoms with Gasteiger partial charge in [0, 0.05) is 25.6 Å². The van der Waals surface area contributed by atoms with Gasteiger partial charge in [-0.3, -0.25) is 4.79 Å². The number of methoxy groups -OCH3 is 1. The van der Waals surface area contributed by atoms with E-state index in [1.54, 1.807) is 7.11 Å². The van der Waals surface area contributed by atoms with E-state index in [-0.39, 0.29) is 5.78 Å². The number of nitrogen functional groups attached to an aromatic ring is 1. The van der Waals surface area contributed by atoms with E-state index < -0.39 is 0 Å². The van der Waals surface area contributed by atoms with Gasteiger partial charge < -0.3 is 15.8 Å². The number of carbonyl (C=O) groups is 1. The molecule has 0 bridgehead atoms. The lowest BCUT2D eigenvalue weighted by Crippen LogP contribution is -2.07. The van der Waals surface area contributed by atoms with Crippen molar-refractivity contribution in [1.29, 1.82) is 0 Å². The molecule has 3 N–H and O–H groups in total. The van der Waals surface area contributed by atoms with Crippen LogP contribution >= 0.6 is 11.3 Å². The Hall–Kier alpha value is -1.07. The molecule has 100 valence electrons. The zero-order chi connectivity index (χ0) is 13.1. The number of thiophene rings is 1. The summed E-state index contributed by atoms with van der Waals surface area (Å²) in [5.74, 6) is 0.684. The highest BCUT2D eigenvalue weighted by molar-refractivity contribution is 7.18. The zero-order valence-corrected chi connectivity index (χ0v) is 11.7. The maximum absolute atomic E-state index is 11.9. The van der Waals surface area contributed by atoms with Crippen molar-refractivity contribution in [2.45, 2.75) is 32.1 Å². The highest BCUT2D eigenvalue weighted by Crippen LogP contribution is 2.50. The summed E-state index contributed by atoms with van der Waals surface area (Å²) in [6.45, 7) is 3.27. The third-order valence-corrected chi connectivity index (χ3v) is 4.36. The first-order valence-electron chi connectivity index (χ1n) is 6.37. The van der Waals surface area contributed by atoms with E-state index in [1.807, 2.05) is 6.92 Å². The van der Waals surface area contributed by atoms with Crippen LogP contribution in [0.5, 0.6) is 0 Å². The molecule has 0 atom stereocenters. The van der Waals surface area contributed by atoms with Gasteiger partial charge in [-0.25, -0.2) is 0 Å². The van der Waals surface area contributed by atoms with Crippen LogP contribution in [0.4, 0.5) is 10.7 Å². The van der Waals surface area contributed by atoms with Crippen LogP contribution in [-0.2, 0) is 4.74 Å². The van der Waals surface area contributed by atoms with Gasteiger partial charge in [-0.15, -0.1) is 11.3 Å². The van der Waals surface area contributed by atoms with Crippen LogP contribution in [-0.4, -0.2) is 26.0 Å². The Morgan fingerprint density at radius 2 is 2.28 bits per heavy atom. The van der Waals surface area contributed by atoms with E-state index >= 15 is 0 Å². The summed E-state index contributed by atoms with van der Waals surface area (Å²) in [6.07, 6.45) is 2.87. The van der Waals surface area contributed by atoms with Gasteiger partial charge in [0.15, 0.2) is 5.78 Å². The maximum Gasteiger partial charge on any atom is 0.174 e. The van der Waals surface area contributed by atoms with E-state index in [9.17, 15) is 4.79 Å². The molecule has 0 aromatic carbocycles. The molecule has 0 radical (unpaired) electrons. The first-order chi connectivity index (χ1) is 8.69. The fourth-order valence-corrected chi connectivity index (χ4v) is 3.24. The van der Waals surface area contributed by atoms with Crippen molar-refractivity contribution in [2.75, 3.05) is 31.3 Å². The fourth-order valence-electron chi connectivity index (χ4n) is 2.00. The van der Waals surface area contributed by atoms with E-state index in [0.29, 0.717) is 24.6 Å². The minimum atomic E-state index is 0.138. The Bertz CT molecular complexity index is 438. The first-order valence-corrected chi connectivity index (χ1v) is 7.18. The van der Waals surface area contributed by atoms with Crippen LogP contribution in [0.25, 0.3) is 0 Å². The second-order valence-corrected chi connectivity index (χ2v) is 5.58. The molecule has 1 saturated carbocycles. The van der Waals surface area contributed by atoms with Crippen molar-refractivity contribution in [2.24, 2.45) is 0 Å². The lowest BCUT2D eigenvalue weighted by molar-refractivity contribution is 0.0993. The van der Waals surface area contributed by atoms with E-state index in [2.05, 4.69) is 5.32 Å². The fraction of sp³-hybridized carbons (Fsp3) is 0.615. The Labute approximate surface area is 112 Å². The van der Waals surface area contributed by atoms with Crippen molar-refractivity contribution in [3.8, 4) is 0 Å². The normalized spacial score (nSPS) is 14.8. The molecule has 2 rings (SSSR count). The smallest absolute Gasteiger partial charge is 0.174 e. The van der Waals surface area contributed by atoms with Crippen molar-refractivity contribution < 1.29 is 9.53 Å². The summed E-state index contributed by atoms with van der Waals surface area (Å²) in [7, 11) is 1.68. The second-order valence-electron chi connectivity index (χ2n) is 4.56. The SMILES string of the molecule is CCC(=O)c1sc(NCCOC)c(C2CC2)c1N. The number of carbonyl (C=O) groups excluding carboxylic acids is 1. The lowest BCUT2D eigenvalue weighted by Gasteiger charge is -2.06. The average Bonchev–Trinajstić information content (AvgIpc) is 3.14. The van der Waals surface area contributed by atoms with E-state index in [1.165, 1.54) is 24.2 Å². The Balaban J connectivity index is 2.23. The van der Waals surface area contributed by atoms with Crippen LogP contribution in [0.3, 0.4) is 0 Å². The zero-order valence-electron chi connectivity index (χ0n) is 10.9. The molecule has 1 aliphatic carbocycles. The largest absolute Gasteiger partial charge is 0.397 e. The van der Waals surface area contributed by atoms with Gasteiger partial charge in [0.1, 0.15) is 0 Å². The molecule has 1 heterocycles. The maximum atomic E-state index is 11.9. The molecule has 1 fully saturated rings. The number of rotatable bonds is 7. The molecular weight excluding hydrogens is 248 g/mol. The average molecular weight is 268 g/mol. The highest BCUT2D eigenvalue weighted by Gasteiger charge is 2.32. The monoisotopic (exact) mass is 268 g/mol. The van der Waals surface area contributed by atoms with Crippen LogP contribution in [0.1, 0.15) is 47.3 Å². The van der Waals surface area contributed by atoms with Crippen molar-refractivity contribution in [1.82, 2.24) is 0 Å². The van der Waals surface area contributed by atoms with Crippen molar-refractivity contribution in [3.05, 3.63) is 10.4 Å².